The maximum Gasteiger partial charge on any atom is 0.289 e. The highest BCUT2D eigenvalue weighted by Gasteiger charge is 2.22. The van der Waals surface area contributed by atoms with Crippen molar-refractivity contribution in [3.63, 3.8) is 0 Å². The first-order chi connectivity index (χ1) is 18.4. The molecule has 3 N–H and O–H groups in total. The van der Waals surface area contributed by atoms with Crippen molar-refractivity contribution in [1.29, 1.82) is 5.26 Å². The van der Waals surface area contributed by atoms with Crippen molar-refractivity contribution in [1.82, 2.24) is 9.97 Å². The van der Waals surface area contributed by atoms with Gasteiger partial charge in [-0.25, -0.2) is 18.8 Å². The number of nitrogens with one attached hydrogen (secondary N) is 2. The van der Waals surface area contributed by atoms with Gasteiger partial charge in [0.2, 0.25) is 0 Å². The first-order valence-electron chi connectivity index (χ1n) is 11.8. The van der Waals surface area contributed by atoms with Crippen molar-refractivity contribution in [2.24, 2.45) is 4.99 Å². The molecule has 1 aliphatic rings. The molecule has 4 aromatic rings. The highest BCUT2D eigenvalue weighted by atomic mass is 19.1. The monoisotopic (exact) mass is 519 g/mol. The Labute approximate surface area is 216 Å². The van der Waals surface area contributed by atoms with Crippen LogP contribution in [0.15, 0.2) is 53.8 Å². The summed E-state index contributed by atoms with van der Waals surface area (Å²) in [5.41, 5.74) is 2.15. The molecule has 5 rings (SSSR count). The third kappa shape index (κ3) is 4.94. The summed E-state index contributed by atoms with van der Waals surface area (Å²) in [6.07, 6.45) is 3.04. The lowest BCUT2D eigenvalue weighted by Gasteiger charge is -2.13. The number of rotatable bonds is 7. The fourth-order valence-electron chi connectivity index (χ4n) is 4.02. The van der Waals surface area contributed by atoms with Crippen molar-refractivity contribution in [3.05, 3.63) is 66.0 Å². The van der Waals surface area contributed by atoms with E-state index in [4.69, 9.17) is 19.3 Å². The van der Waals surface area contributed by atoms with E-state index in [0.717, 1.165) is 12.1 Å². The molecule has 0 unspecified atom stereocenters. The van der Waals surface area contributed by atoms with Gasteiger partial charge in [0.1, 0.15) is 35.9 Å². The maximum atomic E-state index is 15.0. The van der Waals surface area contributed by atoms with Gasteiger partial charge >= 0.3 is 0 Å². The van der Waals surface area contributed by atoms with Crippen LogP contribution >= 0.6 is 0 Å². The summed E-state index contributed by atoms with van der Waals surface area (Å²) in [4.78, 5) is 11.4. The number of nitriles is 1. The summed E-state index contributed by atoms with van der Waals surface area (Å²) < 4.78 is 46.7. The molecule has 9 nitrogen and oxygen atoms in total. The van der Waals surface area contributed by atoms with Crippen LogP contribution in [0.2, 0.25) is 0 Å². The fraction of sp³-hybridized carbons (Fsp3) is 0.222. The zero-order chi connectivity index (χ0) is 26.8. The van der Waals surface area contributed by atoms with Crippen LogP contribution < -0.4 is 14.8 Å². The lowest BCUT2D eigenvalue weighted by atomic mass is 10.0. The Hall–Kier alpha value is -4.69. The largest absolute Gasteiger partial charge is 0.490 e. The smallest absolute Gasteiger partial charge is 0.289 e. The normalized spacial score (nSPS) is 14.8. The first-order valence-corrected chi connectivity index (χ1v) is 11.8. The summed E-state index contributed by atoms with van der Waals surface area (Å²) in [7, 11) is 0. The van der Waals surface area contributed by atoms with Crippen LogP contribution in [0, 0.1) is 23.0 Å². The summed E-state index contributed by atoms with van der Waals surface area (Å²) in [6, 6.07) is 10.6. The zero-order valence-corrected chi connectivity index (χ0v) is 20.5. The number of aliphatic imine (C=N–C) groups is 1. The molecule has 0 saturated heterocycles. The number of hydrogen-bond donors (Lipinski definition) is 3. The van der Waals surface area contributed by atoms with Crippen molar-refractivity contribution in [2.75, 3.05) is 18.5 Å². The Balaban J connectivity index is 1.48. The fourth-order valence-corrected chi connectivity index (χ4v) is 4.02. The van der Waals surface area contributed by atoms with E-state index in [0.29, 0.717) is 33.5 Å². The van der Waals surface area contributed by atoms with Crippen LogP contribution in [-0.4, -0.2) is 46.5 Å². The van der Waals surface area contributed by atoms with Crippen molar-refractivity contribution in [2.45, 2.75) is 26.0 Å². The molecule has 2 aromatic carbocycles. The van der Waals surface area contributed by atoms with Crippen LogP contribution in [0.4, 0.5) is 14.5 Å². The predicted octanol–water partition coefficient (Wildman–Crippen LogP) is 5.12. The second-order valence-electron chi connectivity index (χ2n) is 8.80. The highest BCUT2D eigenvalue weighted by molar-refractivity contribution is 5.98. The molecule has 0 saturated carbocycles. The minimum absolute atomic E-state index is 0.0610. The van der Waals surface area contributed by atoms with Crippen LogP contribution in [0.1, 0.15) is 19.4 Å². The molecule has 1 aliphatic heterocycles. The number of aromatic amines is 1. The number of aliphatic hydroxyl groups is 1. The van der Waals surface area contributed by atoms with Crippen LogP contribution in [-0.2, 0) is 4.74 Å². The molecule has 11 heteroatoms. The number of hydrogen-bond acceptors (Lipinski definition) is 8. The van der Waals surface area contributed by atoms with Gasteiger partial charge in [-0.3, -0.25) is 0 Å². The van der Waals surface area contributed by atoms with Gasteiger partial charge < -0.3 is 29.6 Å². The Morgan fingerprint density at radius 3 is 2.68 bits per heavy atom. The molecule has 2 aromatic heterocycles. The number of pyridine rings is 1. The maximum absolute atomic E-state index is 15.0. The number of H-pyrrole nitrogens is 1. The zero-order valence-electron chi connectivity index (χ0n) is 20.5. The second-order valence-corrected chi connectivity index (χ2v) is 8.80. The number of amidine groups is 1. The van der Waals surface area contributed by atoms with Gasteiger partial charge in [0, 0.05) is 35.8 Å². The first kappa shape index (κ1) is 25.0. The Morgan fingerprint density at radius 2 is 2.00 bits per heavy atom. The number of anilines is 1. The molecular weight excluding hydrogens is 496 g/mol. The van der Waals surface area contributed by atoms with E-state index >= 15 is 8.78 Å². The lowest BCUT2D eigenvalue weighted by molar-refractivity contribution is 0.227. The number of aromatic nitrogens is 2. The summed E-state index contributed by atoms with van der Waals surface area (Å²) >= 11 is 0. The molecule has 38 heavy (non-hydrogen) atoms. The molecule has 194 valence electrons. The van der Waals surface area contributed by atoms with Crippen LogP contribution in [0.3, 0.4) is 0 Å². The molecule has 0 amide bonds. The van der Waals surface area contributed by atoms with E-state index in [2.05, 4.69) is 26.3 Å². The van der Waals surface area contributed by atoms with E-state index in [1.807, 2.05) is 13.8 Å². The SMILES string of the molecule is CC(C)Oc1ccc(-c2c[nH]c3nccc(Oc4c(F)cc(NC5=N[C@H](CO)CO5)cc4F)c23)cc1C#N. The molecule has 0 fully saturated rings. The van der Waals surface area contributed by atoms with Gasteiger partial charge in [-0.15, -0.1) is 0 Å². The van der Waals surface area contributed by atoms with Gasteiger partial charge in [0.05, 0.1) is 23.7 Å². The van der Waals surface area contributed by atoms with E-state index in [9.17, 15) is 5.26 Å². The number of nitrogens with zero attached hydrogens (tertiary/aromatic N) is 3. The third-order valence-electron chi connectivity index (χ3n) is 5.69. The van der Waals surface area contributed by atoms with E-state index in [1.54, 1.807) is 24.4 Å². The summed E-state index contributed by atoms with van der Waals surface area (Å²) in [5.74, 6) is -1.88. The minimum atomic E-state index is -0.950. The molecular formula is C27H23F2N5O4. The third-order valence-corrected chi connectivity index (χ3v) is 5.69. The van der Waals surface area contributed by atoms with Crippen molar-refractivity contribution in [3.8, 4) is 34.4 Å². The number of ether oxygens (including phenoxy) is 3. The molecule has 3 heterocycles. The highest BCUT2D eigenvalue weighted by Crippen LogP contribution is 2.39. The Kier molecular flexibility index (Phi) is 6.81. The Morgan fingerprint density at radius 1 is 1.21 bits per heavy atom. The molecule has 0 spiro atoms. The van der Waals surface area contributed by atoms with Crippen molar-refractivity contribution >= 4 is 22.7 Å². The topological polar surface area (TPSA) is 125 Å². The van der Waals surface area contributed by atoms with Crippen LogP contribution in [0.5, 0.6) is 17.2 Å². The van der Waals surface area contributed by atoms with Gasteiger partial charge in [0.25, 0.3) is 6.02 Å². The molecule has 0 radical (unpaired) electrons. The summed E-state index contributed by atoms with van der Waals surface area (Å²) in [6.45, 7) is 3.71. The molecule has 0 bridgehead atoms. The summed E-state index contributed by atoms with van der Waals surface area (Å²) in [5, 5.41) is 22.0. The second kappa shape index (κ2) is 10.4. The predicted molar refractivity (Wildman–Crippen MR) is 136 cm³/mol. The van der Waals surface area contributed by atoms with Crippen molar-refractivity contribution < 1.29 is 28.1 Å². The number of halogens is 2. The van der Waals surface area contributed by atoms with Gasteiger partial charge in [-0.05, 0) is 37.6 Å². The number of aliphatic hydroxyl groups excluding tert-OH is 1. The minimum Gasteiger partial charge on any atom is -0.490 e. The number of benzene rings is 2. The van der Waals surface area contributed by atoms with Crippen LogP contribution in [0.25, 0.3) is 22.2 Å². The lowest BCUT2D eigenvalue weighted by Crippen LogP contribution is -2.12. The average molecular weight is 520 g/mol. The Bertz CT molecular complexity index is 1550. The van der Waals surface area contributed by atoms with E-state index in [-0.39, 0.29) is 36.8 Å². The van der Waals surface area contributed by atoms with Gasteiger partial charge in [-0.2, -0.15) is 5.26 Å². The van der Waals surface area contributed by atoms with Gasteiger partial charge in [-0.1, -0.05) is 6.07 Å². The van der Waals surface area contributed by atoms with E-state index in [1.165, 1.54) is 12.3 Å². The number of fused-ring (bicyclic) bond motifs is 1. The molecule has 1 atom stereocenters. The van der Waals surface area contributed by atoms with Gasteiger partial charge in [0.15, 0.2) is 17.4 Å². The molecule has 0 aliphatic carbocycles. The quantitative estimate of drug-likeness (QED) is 0.310. The van der Waals surface area contributed by atoms with E-state index < -0.39 is 23.4 Å². The average Bonchev–Trinajstić information content (AvgIpc) is 3.53. The standard InChI is InChI=1S/C27H23F2N5O4/c1-14(2)37-22-4-3-15(7-16(22)10-30)19-11-32-26-24(19)23(5-6-31-26)38-25-20(28)8-17(9-21(25)29)33-27-34-18(12-35)13-36-27/h3-9,11,14,18,35H,12-13H2,1-2H3,(H,31,32)(H,33,34)/t18-/m1/s1.